The number of alkyl halides is 3. The molecule has 0 N–H and O–H groups in total. The van der Waals surface area contributed by atoms with Crippen molar-refractivity contribution < 1.29 is 27.5 Å². The van der Waals surface area contributed by atoms with E-state index in [4.69, 9.17) is 4.74 Å². The highest BCUT2D eigenvalue weighted by Crippen LogP contribution is 2.29. The average Bonchev–Trinajstić information content (AvgIpc) is 2.73. The Morgan fingerprint density at radius 1 is 1.12 bits per heavy atom. The van der Waals surface area contributed by atoms with E-state index in [0.717, 1.165) is 27.7 Å². The van der Waals surface area contributed by atoms with Gasteiger partial charge in [-0.1, -0.05) is 12.1 Å². The van der Waals surface area contributed by atoms with E-state index in [0.29, 0.717) is 5.56 Å². The minimum atomic E-state index is -4.50. The molecule has 2 rings (SSSR count). The van der Waals surface area contributed by atoms with Gasteiger partial charge < -0.3 is 14.2 Å². The monoisotopic (exact) mass is 453 g/mol. The van der Waals surface area contributed by atoms with Gasteiger partial charge in [-0.25, -0.2) is 4.79 Å². The number of aromatic nitrogens is 2. The molecule has 0 aliphatic rings. The van der Waals surface area contributed by atoms with Crippen LogP contribution in [0.25, 0.3) is 6.08 Å². The Hall–Kier alpha value is -3.63. The largest absolute Gasteiger partial charge is 0.465 e. The lowest BCUT2D eigenvalue weighted by atomic mass is 10.1. The van der Waals surface area contributed by atoms with Crippen LogP contribution in [0.3, 0.4) is 0 Å². The molecule has 1 aromatic heterocycles. The Balaban J connectivity index is 2.29. The van der Waals surface area contributed by atoms with E-state index < -0.39 is 41.4 Å². The summed E-state index contributed by atoms with van der Waals surface area (Å²) in [6, 6.07) is 4.18. The van der Waals surface area contributed by atoms with Crippen LogP contribution >= 0.6 is 0 Å². The van der Waals surface area contributed by atoms with Gasteiger partial charge in [0, 0.05) is 32.9 Å². The number of halogens is 3. The van der Waals surface area contributed by atoms with E-state index >= 15 is 0 Å². The molecule has 0 aliphatic heterocycles. The normalized spacial score (nSPS) is 11.6. The number of benzene rings is 1. The van der Waals surface area contributed by atoms with Gasteiger partial charge in [-0.3, -0.25) is 19.0 Å². The zero-order valence-electron chi connectivity index (χ0n) is 17.7. The van der Waals surface area contributed by atoms with Crippen molar-refractivity contribution in [1.82, 2.24) is 14.0 Å². The Bertz CT molecular complexity index is 1130. The van der Waals surface area contributed by atoms with Gasteiger partial charge in [0.1, 0.15) is 6.54 Å². The predicted octanol–water partition coefficient (Wildman–Crippen LogP) is 1.71. The SMILES string of the molecule is CCOC(=O)CN(Cc1ccc(C(F)(F)F)cc1)C(=O)/C=C/c1cn(C)c(=O)n(C)c1=O. The van der Waals surface area contributed by atoms with Crippen molar-refractivity contribution in [2.45, 2.75) is 19.6 Å². The first-order valence-corrected chi connectivity index (χ1v) is 9.49. The molecule has 11 heteroatoms. The summed E-state index contributed by atoms with van der Waals surface area (Å²) in [5.41, 5.74) is -1.56. The highest BCUT2D eigenvalue weighted by atomic mass is 19.4. The molecule has 1 aromatic carbocycles. The number of ether oxygens (including phenoxy) is 1. The molecule has 2 aromatic rings. The minimum Gasteiger partial charge on any atom is -0.465 e. The third-order valence-electron chi connectivity index (χ3n) is 4.47. The molecule has 0 atom stereocenters. The first-order chi connectivity index (χ1) is 14.9. The predicted molar refractivity (Wildman–Crippen MR) is 109 cm³/mol. The van der Waals surface area contributed by atoms with Crippen molar-refractivity contribution in [2.75, 3.05) is 13.2 Å². The number of aryl methyl sites for hydroxylation is 1. The molecule has 0 fully saturated rings. The van der Waals surface area contributed by atoms with Crippen LogP contribution in [0.1, 0.15) is 23.6 Å². The number of amides is 1. The molecular formula is C21H22F3N3O5. The molecule has 32 heavy (non-hydrogen) atoms. The lowest BCUT2D eigenvalue weighted by Gasteiger charge is -2.20. The summed E-state index contributed by atoms with van der Waals surface area (Å²) in [6.07, 6.45) is -0.983. The first kappa shape index (κ1) is 24.6. The maximum absolute atomic E-state index is 12.8. The number of nitrogens with zero attached hydrogens (tertiary/aromatic N) is 3. The van der Waals surface area contributed by atoms with Gasteiger partial charge in [0.25, 0.3) is 5.56 Å². The minimum absolute atomic E-state index is 0.0635. The van der Waals surface area contributed by atoms with Gasteiger partial charge in [-0.2, -0.15) is 13.2 Å². The van der Waals surface area contributed by atoms with Crippen LogP contribution in [-0.2, 0) is 41.1 Å². The van der Waals surface area contributed by atoms with Gasteiger partial charge in [0.2, 0.25) is 5.91 Å². The molecule has 0 saturated carbocycles. The van der Waals surface area contributed by atoms with Crippen LogP contribution in [0.2, 0.25) is 0 Å². The number of esters is 1. The third-order valence-corrected chi connectivity index (χ3v) is 4.47. The summed E-state index contributed by atoms with van der Waals surface area (Å²) in [5, 5.41) is 0. The molecule has 0 radical (unpaired) electrons. The fraction of sp³-hybridized carbons (Fsp3) is 0.333. The molecule has 1 heterocycles. The lowest BCUT2D eigenvalue weighted by Crippen LogP contribution is -2.37. The molecule has 0 unspecified atom stereocenters. The Morgan fingerprint density at radius 3 is 2.31 bits per heavy atom. The maximum atomic E-state index is 12.8. The topological polar surface area (TPSA) is 90.6 Å². The number of carbonyl (C=O) groups excluding carboxylic acids is 2. The van der Waals surface area contributed by atoms with Crippen molar-refractivity contribution in [1.29, 1.82) is 0 Å². The average molecular weight is 453 g/mol. The molecule has 0 bridgehead atoms. The van der Waals surface area contributed by atoms with Gasteiger partial charge in [0.15, 0.2) is 0 Å². The number of hydrogen-bond donors (Lipinski definition) is 0. The fourth-order valence-corrected chi connectivity index (χ4v) is 2.81. The Kier molecular flexibility index (Phi) is 7.79. The van der Waals surface area contributed by atoms with E-state index in [1.165, 1.54) is 43.1 Å². The zero-order valence-corrected chi connectivity index (χ0v) is 17.7. The summed E-state index contributed by atoms with van der Waals surface area (Å²) < 4.78 is 45.2. The van der Waals surface area contributed by atoms with Crippen molar-refractivity contribution in [2.24, 2.45) is 14.1 Å². The van der Waals surface area contributed by atoms with Crippen molar-refractivity contribution in [3.05, 3.63) is 74.1 Å². The van der Waals surface area contributed by atoms with Crippen LogP contribution < -0.4 is 11.2 Å². The lowest BCUT2D eigenvalue weighted by molar-refractivity contribution is -0.148. The number of rotatable bonds is 7. The van der Waals surface area contributed by atoms with E-state index in [1.54, 1.807) is 6.92 Å². The van der Waals surface area contributed by atoms with E-state index in [9.17, 15) is 32.3 Å². The van der Waals surface area contributed by atoms with Crippen LogP contribution in [-0.4, -0.2) is 39.1 Å². The smallest absolute Gasteiger partial charge is 0.416 e. The highest BCUT2D eigenvalue weighted by molar-refractivity contribution is 5.93. The van der Waals surface area contributed by atoms with Crippen LogP contribution in [0.4, 0.5) is 13.2 Å². The molecule has 0 saturated heterocycles. The van der Waals surface area contributed by atoms with Gasteiger partial charge in [0.05, 0.1) is 17.7 Å². The molecular weight excluding hydrogens is 431 g/mol. The number of hydrogen-bond acceptors (Lipinski definition) is 5. The van der Waals surface area contributed by atoms with Crippen molar-refractivity contribution >= 4 is 18.0 Å². The molecule has 8 nitrogen and oxygen atoms in total. The summed E-state index contributed by atoms with van der Waals surface area (Å²) in [4.78, 5) is 49.7. The van der Waals surface area contributed by atoms with Gasteiger partial charge in [-0.05, 0) is 30.7 Å². The second-order valence-electron chi connectivity index (χ2n) is 6.87. The maximum Gasteiger partial charge on any atom is 0.416 e. The van der Waals surface area contributed by atoms with Gasteiger partial charge in [-0.15, -0.1) is 0 Å². The standard InChI is InChI=1S/C21H22F3N3O5/c1-4-32-18(29)13-27(11-14-5-8-16(9-6-14)21(22,23)24)17(28)10-7-15-12-25(2)20(31)26(3)19(15)30/h5-10,12H,4,11,13H2,1-3H3/b10-7+. The van der Waals surface area contributed by atoms with Crippen molar-refractivity contribution in [3.8, 4) is 0 Å². The van der Waals surface area contributed by atoms with E-state index in [2.05, 4.69) is 0 Å². The Labute approximate surface area is 181 Å². The third kappa shape index (κ3) is 6.19. The summed E-state index contributed by atoms with van der Waals surface area (Å²) >= 11 is 0. The first-order valence-electron chi connectivity index (χ1n) is 9.49. The molecule has 1 amide bonds. The van der Waals surface area contributed by atoms with E-state index in [-0.39, 0.29) is 18.7 Å². The summed E-state index contributed by atoms with van der Waals surface area (Å²) in [5.74, 6) is -1.37. The summed E-state index contributed by atoms with van der Waals surface area (Å²) in [6.45, 7) is 1.08. The quantitative estimate of drug-likeness (QED) is 0.470. The summed E-state index contributed by atoms with van der Waals surface area (Å²) in [7, 11) is 2.74. The number of carbonyl (C=O) groups is 2. The second kappa shape index (κ2) is 10.1. The van der Waals surface area contributed by atoms with Crippen LogP contribution in [0.5, 0.6) is 0 Å². The Morgan fingerprint density at radius 2 is 1.75 bits per heavy atom. The second-order valence-corrected chi connectivity index (χ2v) is 6.87. The van der Waals surface area contributed by atoms with Crippen molar-refractivity contribution in [3.63, 3.8) is 0 Å². The zero-order chi connectivity index (χ0) is 24.1. The van der Waals surface area contributed by atoms with E-state index in [1.807, 2.05) is 0 Å². The highest BCUT2D eigenvalue weighted by Gasteiger charge is 2.30. The van der Waals surface area contributed by atoms with Crippen LogP contribution in [0.15, 0.2) is 46.1 Å². The van der Waals surface area contributed by atoms with Gasteiger partial charge >= 0.3 is 17.8 Å². The fourth-order valence-electron chi connectivity index (χ4n) is 2.81. The van der Waals surface area contributed by atoms with Crippen LogP contribution in [0, 0.1) is 0 Å². The molecule has 172 valence electrons. The molecule has 0 aliphatic carbocycles. The molecule has 0 spiro atoms.